The van der Waals surface area contributed by atoms with Crippen LogP contribution in [0.3, 0.4) is 0 Å². The van der Waals surface area contributed by atoms with E-state index in [1.165, 1.54) is 12.3 Å². The first-order valence-electron chi connectivity index (χ1n) is 7.23. The number of halogens is 3. The molecule has 0 saturated heterocycles. The third-order valence-corrected chi connectivity index (χ3v) is 4.16. The van der Waals surface area contributed by atoms with Crippen LogP contribution in [-0.2, 0) is 19.3 Å². The van der Waals surface area contributed by atoms with E-state index in [4.69, 9.17) is 0 Å². The Kier molecular flexibility index (Phi) is 3.04. The van der Waals surface area contributed by atoms with E-state index >= 15 is 0 Å². The normalized spacial score (nSPS) is 15.0. The first-order valence-corrected chi connectivity index (χ1v) is 7.23. The monoisotopic (exact) mass is 318 g/mol. The fraction of sp³-hybridized carbons (Fsp3) is 0.250. The number of para-hydroxylation sites is 1. The van der Waals surface area contributed by atoms with E-state index < -0.39 is 11.7 Å². The molecule has 0 fully saturated rings. The fourth-order valence-electron chi connectivity index (χ4n) is 3.06. The van der Waals surface area contributed by atoms with Crippen LogP contribution in [0, 0.1) is 0 Å². The Bertz CT molecular complexity index is 869. The predicted octanol–water partition coefficient (Wildman–Crippen LogP) is 3.47. The Balaban J connectivity index is 1.83. The predicted molar refractivity (Wildman–Crippen MR) is 80.0 cm³/mol. The second-order valence-corrected chi connectivity index (χ2v) is 5.53. The summed E-state index contributed by atoms with van der Waals surface area (Å²) in [4.78, 5) is 10.2. The van der Waals surface area contributed by atoms with Crippen molar-refractivity contribution in [2.24, 2.45) is 0 Å². The van der Waals surface area contributed by atoms with Gasteiger partial charge < -0.3 is 9.47 Å². The highest BCUT2D eigenvalue weighted by Gasteiger charge is 2.33. The number of hydrogen-bond acceptors (Lipinski definition) is 3. The van der Waals surface area contributed by atoms with E-state index in [0.29, 0.717) is 11.9 Å². The van der Waals surface area contributed by atoms with Crippen LogP contribution in [0.15, 0.2) is 43.0 Å². The molecule has 3 aromatic rings. The standard InChI is InChI=1S/C16H13F3N4/c17-16(18,19)13-3-1-2-12-14(4-5-21-15(12)13)22-6-7-23-10-20-8-11(23)9-22/h1-5,8,10H,6-7,9H2. The molecule has 1 aliphatic heterocycles. The molecule has 0 aliphatic carbocycles. The zero-order valence-corrected chi connectivity index (χ0v) is 12.1. The molecular weight excluding hydrogens is 305 g/mol. The topological polar surface area (TPSA) is 34.0 Å². The Labute approximate surface area is 130 Å². The van der Waals surface area contributed by atoms with Crippen molar-refractivity contribution in [2.45, 2.75) is 19.3 Å². The Morgan fingerprint density at radius 1 is 1.09 bits per heavy atom. The molecule has 0 atom stereocenters. The number of anilines is 1. The fourth-order valence-corrected chi connectivity index (χ4v) is 3.06. The van der Waals surface area contributed by atoms with Gasteiger partial charge in [-0.3, -0.25) is 4.98 Å². The Morgan fingerprint density at radius 2 is 1.96 bits per heavy atom. The third-order valence-electron chi connectivity index (χ3n) is 4.16. The minimum absolute atomic E-state index is 0.00317. The van der Waals surface area contributed by atoms with Gasteiger partial charge in [-0.05, 0) is 12.1 Å². The summed E-state index contributed by atoms with van der Waals surface area (Å²) in [5.41, 5.74) is 1.12. The maximum Gasteiger partial charge on any atom is 0.418 e. The third kappa shape index (κ3) is 2.32. The summed E-state index contributed by atoms with van der Waals surface area (Å²) in [6, 6.07) is 5.97. The molecule has 118 valence electrons. The lowest BCUT2D eigenvalue weighted by Crippen LogP contribution is -2.33. The largest absolute Gasteiger partial charge is 0.418 e. The first kappa shape index (κ1) is 14.0. The van der Waals surface area contributed by atoms with Crippen LogP contribution in [0.1, 0.15) is 11.3 Å². The average Bonchev–Trinajstić information content (AvgIpc) is 3.00. The van der Waals surface area contributed by atoms with Gasteiger partial charge in [-0.1, -0.05) is 12.1 Å². The van der Waals surface area contributed by atoms with Crippen molar-refractivity contribution in [3.63, 3.8) is 0 Å². The van der Waals surface area contributed by atoms with E-state index in [1.807, 2.05) is 0 Å². The Morgan fingerprint density at radius 3 is 2.78 bits per heavy atom. The molecule has 0 spiro atoms. The molecule has 4 rings (SSSR count). The maximum atomic E-state index is 13.2. The minimum Gasteiger partial charge on any atom is -0.363 e. The molecular formula is C16H13F3N4. The number of fused-ring (bicyclic) bond motifs is 2. The molecule has 0 bridgehead atoms. The summed E-state index contributed by atoms with van der Waals surface area (Å²) in [6.45, 7) is 2.10. The lowest BCUT2D eigenvalue weighted by Gasteiger charge is -2.31. The molecule has 0 unspecified atom stereocenters. The van der Waals surface area contributed by atoms with Crippen LogP contribution < -0.4 is 4.90 Å². The SMILES string of the molecule is FC(F)(F)c1cccc2c(N3CCn4cncc4C3)ccnc12. The van der Waals surface area contributed by atoms with Gasteiger partial charge in [0.25, 0.3) is 0 Å². The van der Waals surface area contributed by atoms with Gasteiger partial charge in [0.2, 0.25) is 0 Å². The lowest BCUT2D eigenvalue weighted by molar-refractivity contribution is -0.136. The molecule has 3 heterocycles. The molecule has 7 heteroatoms. The Hall–Kier alpha value is -2.57. The number of rotatable bonds is 1. The highest BCUT2D eigenvalue weighted by atomic mass is 19.4. The number of benzene rings is 1. The van der Waals surface area contributed by atoms with Crippen molar-refractivity contribution in [1.82, 2.24) is 14.5 Å². The summed E-state index contributed by atoms with van der Waals surface area (Å²) >= 11 is 0. The zero-order valence-electron chi connectivity index (χ0n) is 12.1. The molecule has 0 saturated carbocycles. The molecule has 1 aliphatic rings. The minimum atomic E-state index is -4.41. The summed E-state index contributed by atoms with van der Waals surface area (Å²) in [5, 5.41) is 0.523. The maximum absolute atomic E-state index is 13.2. The molecule has 2 aromatic heterocycles. The highest BCUT2D eigenvalue weighted by molar-refractivity contribution is 5.93. The number of nitrogens with zero attached hydrogens (tertiary/aromatic N) is 4. The van der Waals surface area contributed by atoms with E-state index in [1.54, 1.807) is 24.7 Å². The molecule has 4 nitrogen and oxygen atoms in total. The highest BCUT2D eigenvalue weighted by Crippen LogP contribution is 2.37. The van der Waals surface area contributed by atoms with Crippen molar-refractivity contribution < 1.29 is 13.2 Å². The summed E-state index contributed by atoms with van der Waals surface area (Å²) in [6.07, 6.45) is 0.597. The zero-order chi connectivity index (χ0) is 16.0. The van der Waals surface area contributed by atoms with Gasteiger partial charge in [-0.2, -0.15) is 13.2 Å². The lowest BCUT2D eigenvalue weighted by atomic mass is 10.1. The molecule has 1 aromatic carbocycles. The van der Waals surface area contributed by atoms with E-state index in [9.17, 15) is 13.2 Å². The van der Waals surface area contributed by atoms with Crippen molar-refractivity contribution in [3.05, 3.63) is 54.2 Å². The van der Waals surface area contributed by atoms with E-state index in [0.717, 1.165) is 30.5 Å². The molecule has 0 amide bonds. The van der Waals surface area contributed by atoms with Crippen LogP contribution in [0.4, 0.5) is 18.9 Å². The summed E-state index contributed by atoms with van der Waals surface area (Å²) in [5.74, 6) is 0. The number of alkyl halides is 3. The summed E-state index contributed by atoms with van der Waals surface area (Å²) < 4.78 is 41.6. The van der Waals surface area contributed by atoms with Crippen LogP contribution in [-0.4, -0.2) is 21.1 Å². The molecule has 0 N–H and O–H groups in total. The van der Waals surface area contributed by atoms with Crippen molar-refractivity contribution in [2.75, 3.05) is 11.4 Å². The molecule has 0 radical (unpaired) electrons. The van der Waals surface area contributed by atoms with Crippen molar-refractivity contribution in [1.29, 1.82) is 0 Å². The van der Waals surface area contributed by atoms with Gasteiger partial charge in [0.1, 0.15) is 0 Å². The quantitative estimate of drug-likeness (QED) is 0.689. The number of pyridine rings is 1. The van der Waals surface area contributed by atoms with E-state index in [2.05, 4.69) is 19.4 Å². The average molecular weight is 318 g/mol. The van der Waals surface area contributed by atoms with Crippen LogP contribution >= 0.6 is 0 Å². The van der Waals surface area contributed by atoms with Gasteiger partial charge >= 0.3 is 6.18 Å². The summed E-state index contributed by atoms with van der Waals surface area (Å²) in [7, 11) is 0. The van der Waals surface area contributed by atoms with Crippen LogP contribution in [0.5, 0.6) is 0 Å². The van der Waals surface area contributed by atoms with Gasteiger partial charge in [-0.25, -0.2) is 4.98 Å². The van der Waals surface area contributed by atoms with Gasteiger partial charge in [0.05, 0.1) is 29.6 Å². The van der Waals surface area contributed by atoms with Gasteiger partial charge in [0, 0.05) is 36.6 Å². The van der Waals surface area contributed by atoms with Crippen LogP contribution in [0.25, 0.3) is 10.9 Å². The van der Waals surface area contributed by atoms with Crippen LogP contribution in [0.2, 0.25) is 0 Å². The second-order valence-electron chi connectivity index (χ2n) is 5.53. The van der Waals surface area contributed by atoms with Gasteiger partial charge in [-0.15, -0.1) is 0 Å². The number of imidazole rings is 1. The van der Waals surface area contributed by atoms with Crippen molar-refractivity contribution >= 4 is 16.6 Å². The number of aromatic nitrogens is 3. The smallest absolute Gasteiger partial charge is 0.363 e. The van der Waals surface area contributed by atoms with Gasteiger partial charge in [0.15, 0.2) is 0 Å². The number of hydrogen-bond donors (Lipinski definition) is 0. The second kappa shape index (κ2) is 4.97. The van der Waals surface area contributed by atoms with Crippen molar-refractivity contribution in [3.8, 4) is 0 Å². The molecule has 23 heavy (non-hydrogen) atoms. The first-order chi connectivity index (χ1) is 11.0. The van der Waals surface area contributed by atoms with E-state index in [-0.39, 0.29) is 5.52 Å².